The molecular weight excluding hydrogens is 192 g/mol. The Hall–Kier alpha value is -1.99. The van der Waals surface area contributed by atoms with Crippen LogP contribution in [0, 0.1) is 10.1 Å². The van der Waals surface area contributed by atoms with Crippen molar-refractivity contribution in [1.29, 1.82) is 0 Å². The van der Waals surface area contributed by atoms with Gasteiger partial charge in [0.1, 0.15) is 6.54 Å². The van der Waals surface area contributed by atoms with E-state index in [1.165, 1.54) is 18.0 Å². The first-order valence-electron chi connectivity index (χ1n) is 3.73. The number of nitrogens with zero attached hydrogens (tertiary/aromatic N) is 4. The molecule has 0 saturated carbocycles. The summed E-state index contributed by atoms with van der Waals surface area (Å²) in [7, 11) is 1.22. The molecule has 14 heavy (non-hydrogen) atoms. The Labute approximate surface area is 78.6 Å². The van der Waals surface area contributed by atoms with Gasteiger partial charge in [-0.3, -0.25) is 10.1 Å². The van der Waals surface area contributed by atoms with Gasteiger partial charge in [0.15, 0.2) is 5.69 Å². The zero-order valence-corrected chi connectivity index (χ0v) is 7.41. The normalized spacial score (nSPS) is 9.79. The molecule has 0 amide bonds. The molecule has 0 saturated heterocycles. The van der Waals surface area contributed by atoms with E-state index in [9.17, 15) is 14.9 Å². The number of carbonyl (C=O) groups is 1. The van der Waals surface area contributed by atoms with Crippen LogP contribution in [-0.2, 0) is 11.3 Å². The topological polar surface area (TPSA) is 100 Å². The van der Waals surface area contributed by atoms with Crippen molar-refractivity contribution < 1.29 is 14.5 Å². The van der Waals surface area contributed by atoms with Gasteiger partial charge in [-0.1, -0.05) is 5.21 Å². The number of carbonyl (C=O) groups excluding carboxylic acids is 1. The Bertz CT molecular complexity index is 347. The molecule has 0 aliphatic heterocycles. The van der Waals surface area contributed by atoms with Crippen LogP contribution in [0.1, 0.15) is 10.5 Å². The van der Waals surface area contributed by atoms with E-state index >= 15 is 0 Å². The highest BCUT2D eigenvalue weighted by atomic mass is 16.6. The zero-order valence-electron chi connectivity index (χ0n) is 7.41. The highest BCUT2D eigenvalue weighted by Crippen LogP contribution is 1.95. The molecule has 0 bridgehead atoms. The lowest BCUT2D eigenvalue weighted by atomic mass is 10.5. The first-order chi connectivity index (χ1) is 6.63. The van der Waals surface area contributed by atoms with Crippen molar-refractivity contribution in [2.75, 3.05) is 13.7 Å². The van der Waals surface area contributed by atoms with Crippen molar-refractivity contribution >= 4 is 5.97 Å². The molecule has 0 spiro atoms. The molecule has 0 unspecified atom stereocenters. The minimum absolute atomic E-state index is 0.0378. The molecule has 8 nitrogen and oxygen atoms in total. The van der Waals surface area contributed by atoms with Gasteiger partial charge in [0.25, 0.3) is 0 Å². The summed E-state index contributed by atoms with van der Waals surface area (Å²) < 4.78 is 5.60. The first kappa shape index (κ1) is 10.1. The van der Waals surface area contributed by atoms with E-state index in [0.29, 0.717) is 0 Å². The van der Waals surface area contributed by atoms with E-state index in [0.717, 1.165) is 0 Å². The number of rotatable bonds is 4. The van der Waals surface area contributed by atoms with Gasteiger partial charge >= 0.3 is 5.97 Å². The van der Waals surface area contributed by atoms with Gasteiger partial charge in [-0.05, 0) is 0 Å². The lowest BCUT2D eigenvalue weighted by Gasteiger charge is -1.93. The van der Waals surface area contributed by atoms with E-state index in [1.54, 1.807) is 0 Å². The number of esters is 1. The second kappa shape index (κ2) is 4.30. The summed E-state index contributed by atoms with van der Waals surface area (Å²) in [5.74, 6) is -0.614. The molecule has 1 aromatic heterocycles. The SMILES string of the molecule is COC(=O)c1cn(CC[N+](=O)[O-])nn1. The second-order valence-corrected chi connectivity index (χ2v) is 2.41. The Kier molecular flexibility index (Phi) is 3.10. The molecule has 0 aromatic carbocycles. The summed E-state index contributed by atoms with van der Waals surface area (Å²) in [6.45, 7) is -0.180. The lowest BCUT2D eigenvalue weighted by Crippen LogP contribution is -2.10. The quantitative estimate of drug-likeness (QED) is 0.363. The molecule has 0 aliphatic rings. The average Bonchev–Trinajstić information content (AvgIpc) is 2.62. The van der Waals surface area contributed by atoms with Crippen molar-refractivity contribution in [2.24, 2.45) is 0 Å². The van der Waals surface area contributed by atoms with Crippen LogP contribution in [-0.4, -0.2) is 39.5 Å². The van der Waals surface area contributed by atoms with E-state index in [4.69, 9.17) is 0 Å². The fourth-order valence-corrected chi connectivity index (χ4v) is 0.790. The van der Waals surface area contributed by atoms with Crippen LogP contribution in [0.25, 0.3) is 0 Å². The van der Waals surface area contributed by atoms with Crippen LogP contribution in [0.4, 0.5) is 0 Å². The predicted molar refractivity (Wildman–Crippen MR) is 43.2 cm³/mol. The van der Waals surface area contributed by atoms with Crippen LogP contribution in [0.2, 0.25) is 0 Å². The molecule has 1 aromatic rings. The van der Waals surface area contributed by atoms with Crippen molar-refractivity contribution in [2.45, 2.75) is 6.54 Å². The minimum Gasteiger partial charge on any atom is -0.464 e. The standard InChI is InChI=1S/C6H8N4O4/c1-14-6(11)5-4-9(8-7-5)2-3-10(12)13/h4H,2-3H2,1H3. The molecule has 0 N–H and O–H groups in total. The van der Waals surface area contributed by atoms with Crippen molar-refractivity contribution in [3.8, 4) is 0 Å². The maximum Gasteiger partial charge on any atom is 0.360 e. The highest BCUT2D eigenvalue weighted by molar-refractivity contribution is 5.86. The fourth-order valence-electron chi connectivity index (χ4n) is 0.790. The van der Waals surface area contributed by atoms with E-state index in [2.05, 4.69) is 15.0 Å². The molecule has 0 atom stereocenters. The maximum absolute atomic E-state index is 10.9. The number of hydrogen-bond acceptors (Lipinski definition) is 6. The van der Waals surface area contributed by atoms with Gasteiger partial charge in [0, 0.05) is 4.92 Å². The number of aromatic nitrogens is 3. The van der Waals surface area contributed by atoms with Crippen LogP contribution in [0.3, 0.4) is 0 Å². The fraction of sp³-hybridized carbons (Fsp3) is 0.500. The van der Waals surface area contributed by atoms with Crippen molar-refractivity contribution in [3.63, 3.8) is 0 Å². The monoisotopic (exact) mass is 200 g/mol. The number of hydrogen-bond donors (Lipinski definition) is 0. The molecule has 1 heterocycles. The molecule has 0 fully saturated rings. The van der Waals surface area contributed by atoms with Crippen LogP contribution < -0.4 is 0 Å². The Morgan fingerprint density at radius 3 is 3.07 bits per heavy atom. The third kappa shape index (κ3) is 2.51. The third-order valence-electron chi connectivity index (χ3n) is 1.44. The molecule has 0 radical (unpaired) electrons. The largest absolute Gasteiger partial charge is 0.464 e. The van der Waals surface area contributed by atoms with Crippen LogP contribution in [0.5, 0.6) is 0 Å². The summed E-state index contributed by atoms with van der Waals surface area (Å²) >= 11 is 0. The molecule has 76 valence electrons. The van der Waals surface area contributed by atoms with Gasteiger partial charge in [-0.25, -0.2) is 9.48 Å². The minimum atomic E-state index is -0.614. The Balaban J connectivity index is 2.59. The maximum atomic E-state index is 10.9. The Morgan fingerprint density at radius 1 is 1.79 bits per heavy atom. The van der Waals surface area contributed by atoms with Gasteiger partial charge < -0.3 is 4.74 Å². The van der Waals surface area contributed by atoms with E-state index in [1.807, 2.05) is 0 Å². The summed E-state index contributed by atoms with van der Waals surface area (Å²) in [4.78, 5) is 20.4. The highest BCUT2D eigenvalue weighted by Gasteiger charge is 2.10. The summed E-state index contributed by atoms with van der Waals surface area (Å²) in [5.41, 5.74) is 0.0378. The van der Waals surface area contributed by atoms with Crippen LogP contribution in [0.15, 0.2) is 6.20 Å². The molecular formula is C6H8N4O4. The second-order valence-electron chi connectivity index (χ2n) is 2.41. The summed E-state index contributed by atoms with van der Waals surface area (Å²) in [6.07, 6.45) is 1.30. The summed E-state index contributed by atoms with van der Waals surface area (Å²) in [6, 6.07) is 0. The van der Waals surface area contributed by atoms with Gasteiger partial charge in [0.05, 0.1) is 13.3 Å². The average molecular weight is 200 g/mol. The predicted octanol–water partition coefficient (Wildman–Crippen LogP) is -0.659. The molecule has 8 heteroatoms. The molecule has 1 rings (SSSR count). The number of ether oxygens (including phenoxy) is 1. The van der Waals surface area contributed by atoms with E-state index in [-0.39, 0.29) is 18.8 Å². The molecule has 0 aliphatic carbocycles. The number of nitro groups is 1. The van der Waals surface area contributed by atoms with Crippen LogP contribution >= 0.6 is 0 Å². The van der Waals surface area contributed by atoms with Gasteiger partial charge in [-0.15, -0.1) is 5.10 Å². The van der Waals surface area contributed by atoms with Gasteiger partial charge in [-0.2, -0.15) is 0 Å². The first-order valence-corrected chi connectivity index (χ1v) is 3.73. The van der Waals surface area contributed by atoms with E-state index < -0.39 is 10.9 Å². The van der Waals surface area contributed by atoms with Crippen molar-refractivity contribution in [3.05, 3.63) is 22.0 Å². The number of methoxy groups -OCH3 is 1. The zero-order chi connectivity index (χ0) is 10.6. The Morgan fingerprint density at radius 2 is 2.50 bits per heavy atom. The lowest BCUT2D eigenvalue weighted by molar-refractivity contribution is -0.481. The third-order valence-corrected chi connectivity index (χ3v) is 1.44. The van der Waals surface area contributed by atoms with Crippen molar-refractivity contribution in [1.82, 2.24) is 15.0 Å². The summed E-state index contributed by atoms with van der Waals surface area (Å²) in [5, 5.41) is 17.0. The van der Waals surface area contributed by atoms with Gasteiger partial charge in [0.2, 0.25) is 6.54 Å². The smallest absolute Gasteiger partial charge is 0.360 e.